The predicted octanol–water partition coefficient (Wildman–Crippen LogP) is -0.461. The van der Waals surface area contributed by atoms with E-state index < -0.39 is 23.8 Å². The van der Waals surface area contributed by atoms with Crippen LogP contribution >= 0.6 is 0 Å². The van der Waals surface area contributed by atoms with Crippen LogP contribution in [-0.4, -0.2) is 53.2 Å². The zero-order valence-corrected chi connectivity index (χ0v) is 14.4. The fourth-order valence-electron chi connectivity index (χ4n) is 3.57. The molecule has 4 amide bonds. The zero-order chi connectivity index (χ0) is 18.5. The summed E-state index contributed by atoms with van der Waals surface area (Å²) in [6, 6.07) is 4.24. The van der Waals surface area contributed by atoms with Gasteiger partial charge < -0.3 is 10.6 Å². The van der Waals surface area contributed by atoms with Gasteiger partial charge in [-0.05, 0) is 31.0 Å². The van der Waals surface area contributed by atoms with E-state index in [-0.39, 0.29) is 24.3 Å². The van der Waals surface area contributed by atoms with Gasteiger partial charge in [0.15, 0.2) is 0 Å². The van der Waals surface area contributed by atoms with Gasteiger partial charge in [0.25, 0.3) is 11.8 Å². The maximum absolute atomic E-state index is 12.8. The van der Waals surface area contributed by atoms with Crippen molar-refractivity contribution in [3.05, 3.63) is 34.9 Å². The van der Waals surface area contributed by atoms with E-state index in [0.29, 0.717) is 17.7 Å². The molecule has 2 saturated heterocycles. The van der Waals surface area contributed by atoms with Crippen LogP contribution in [0.2, 0.25) is 0 Å². The Labute approximate surface area is 150 Å². The first-order valence-electron chi connectivity index (χ1n) is 8.68. The van der Waals surface area contributed by atoms with Crippen molar-refractivity contribution >= 4 is 23.6 Å². The fraction of sp³-hybridized carbons (Fsp3) is 0.444. The second kappa shape index (κ2) is 6.00. The van der Waals surface area contributed by atoms with Crippen LogP contribution < -0.4 is 16.0 Å². The van der Waals surface area contributed by atoms with E-state index in [4.69, 9.17) is 0 Å². The van der Waals surface area contributed by atoms with Crippen molar-refractivity contribution in [2.45, 2.75) is 37.9 Å². The van der Waals surface area contributed by atoms with Crippen LogP contribution in [0, 0.1) is 0 Å². The zero-order valence-electron chi connectivity index (χ0n) is 14.4. The second-order valence-electron chi connectivity index (χ2n) is 7.34. The Hall–Kier alpha value is -2.58. The summed E-state index contributed by atoms with van der Waals surface area (Å²) in [5, 5.41) is 8.85. The molecular weight excluding hydrogens is 336 g/mol. The SMILES string of the molecule is CC1(NCc2ccc3c(c2)C(=O)N(C2CCC(=O)NC2=O)C3=O)CNC1. The number of carbonyl (C=O) groups is 4. The number of nitrogens with one attached hydrogen (secondary N) is 3. The van der Waals surface area contributed by atoms with E-state index in [1.807, 2.05) is 6.07 Å². The van der Waals surface area contributed by atoms with Gasteiger partial charge in [-0.15, -0.1) is 0 Å². The molecule has 0 spiro atoms. The standard InChI is InChI=1S/C18H20N4O4/c1-18(8-19-9-18)20-7-10-2-3-11-12(6-10)17(26)22(16(11)25)13-4-5-14(23)21-15(13)24/h2-3,6,13,19-20H,4-5,7-9H2,1H3,(H,21,23,24). The number of rotatable bonds is 4. The summed E-state index contributed by atoms with van der Waals surface area (Å²) in [6.07, 6.45) is 0.279. The van der Waals surface area contributed by atoms with E-state index in [9.17, 15) is 19.2 Å². The van der Waals surface area contributed by atoms with Crippen LogP contribution in [-0.2, 0) is 16.1 Å². The fourth-order valence-corrected chi connectivity index (χ4v) is 3.57. The maximum atomic E-state index is 12.8. The Bertz CT molecular complexity index is 830. The van der Waals surface area contributed by atoms with Gasteiger partial charge in [0.2, 0.25) is 11.8 Å². The number of amides is 4. The number of piperidine rings is 1. The highest BCUT2D eigenvalue weighted by Gasteiger charge is 2.44. The third-order valence-electron chi connectivity index (χ3n) is 5.25. The Morgan fingerprint density at radius 2 is 1.88 bits per heavy atom. The van der Waals surface area contributed by atoms with Gasteiger partial charge in [-0.25, -0.2) is 0 Å². The molecule has 1 unspecified atom stereocenters. The van der Waals surface area contributed by atoms with Crippen LogP contribution in [0.4, 0.5) is 0 Å². The van der Waals surface area contributed by atoms with Crippen LogP contribution in [0.3, 0.4) is 0 Å². The average Bonchev–Trinajstić information content (AvgIpc) is 2.83. The van der Waals surface area contributed by atoms with Crippen molar-refractivity contribution in [3.63, 3.8) is 0 Å². The first-order valence-corrected chi connectivity index (χ1v) is 8.68. The summed E-state index contributed by atoms with van der Waals surface area (Å²) in [6.45, 7) is 4.49. The molecule has 3 aliphatic rings. The lowest BCUT2D eigenvalue weighted by Gasteiger charge is -2.40. The summed E-state index contributed by atoms with van der Waals surface area (Å²) in [7, 11) is 0. The largest absolute Gasteiger partial charge is 0.313 e. The van der Waals surface area contributed by atoms with Crippen molar-refractivity contribution in [2.75, 3.05) is 13.1 Å². The molecule has 3 heterocycles. The van der Waals surface area contributed by atoms with Crippen molar-refractivity contribution in [2.24, 2.45) is 0 Å². The van der Waals surface area contributed by atoms with Gasteiger partial charge in [-0.1, -0.05) is 6.07 Å². The summed E-state index contributed by atoms with van der Waals surface area (Å²) in [4.78, 5) is 49.8. The van der Waals surface area contributed by atoms with E-state index in [2.05, 4.69) is 22.9 Å². The molecule has 3 aliphatic heterocycles. The minimum atomic E-state index is -0.929. The van der Waals surface area contributed by atoms with Crippen molar-refractivity contribution in [1.82, 2.24) is 20.9 Å². The van der Waals surface area contributed by atoms with Crippen LogP contribution in [0.25, 0.3) is 0 Å². The van der Waals surface area contributed by atoms with Crippen molar-refractivity contribution in [1.29, 1.82) is 0 Å². The smallest absolute Gasteiger partial charge is 0.262 e. The third kappa shape index (κ3) is 2.71. The van der Waals surface area contributed by atoms with Gasteiger partial charge in [-0.2, -0.15) is 0 Å². The highest BCUT2D eigenvalue weighted by atomic mass is 16.2. The van der Waals surface area contributed by atoms with Crippen molar-refractivity contribution in [3.8, 4) is 0 Å². The molecule has 8 nitrogen and oxygen atoms in total. The summed E-state index contributed by atoms with van der Waals surface area (Å²) in [5.41, 5.74) is 1.57. The van der Waals surface area contributed by atoms with Crippen LogP contribution in [0.15, 0.2) is 18.2 Å². The summed E-state index contributed by atoms with van der Waals surface area (Å²) < 4.78 is 0. The van der Waals surface area contributed by atoms with Gasteiger partial charge in [0, 0.05) is 31.6 Å². The monoisotopic (exact) mass is 356 g/mol. The first-order chi connectivity index (χ1) is 12.4. The number of nitrogens with zero attached hydrogens (tertiary/aromatic N) is 1. The van der Waals surface area contributed by atoms with Gasteiger partial charge >= 0.3 is 0 Å². The summed E-state index contributed by atoms with van der Waals surface area (Å²) >= 11 is 0. The molecule has 1 aromatic rings. The van der Waals surface area contributed by atoms with E-state index in [1.54, 1.807) is 12.1 Å². The molecule has 136 valence electrons. The Morgan fingerprint density at radius 3 is 2.54 bits per heavy atom. The average molecular weight is 356 g/mol. The quantitative estimate of drug-likeness (QED) is 0.630. The predicted molar refractivity (Wildman–Crippen MR) is 91.2 cm³/mol. The molecule has 0 saturated carbocycles. The number of hydrogen-bond donors (Lipinski definition) is 3. The molecule has 1 aromatic carbocycles. The highest BCUT2D eigenvalue weighted by molar-refractivity contribution is 6.23. The van der Waals surface area contributed by atoms with E-state index in [1.165, 1.54) is 0 Å². The second-order valence-corrected chi connectivity index (χ2v) is 7.34. The van der Waals surface area contributed by atoms with E-state index in [0.717, 1.165) is 23.6 Å². The molecular formula is C18H20N4O4. The molecule has 2 fully saturated rings. The number of carbonyl (C=O) groups excluding carboxylic acids is 4. The van der Waals surface area contributed by atoms with E-state index >= 15 is 0 Å². The molecule has 3 N–H and O–H groups in total. The van der Waals surface area contributed by atoms with Gasteiger partial charge in [0.1, 0.15) is 6.04 Å². The maximum Gasteiger partial charge on any atom is 0.262 e. The number of hydrogen-bond acceptors (Lipinski definition) is 6. The minimum Gasteiger partial charge on any atom is -0.313 e. The van der Waals surface area contributed by atoms with Crippen LogP contribution in [0.1, 0.15) is 46.0 Å². The summed E-state index contributed by atoms with van der Waals surface area (Å²) in [5.74, 6) is -1.93. The molecule has 0 aromatic heterocycles. The lowest BCUT2D eigenvalue weighted by Crippen LogP contribution is -2.65. The highest BCUT2D eigenvalue weighted by Crippen LogP contribution is 2.28. The normalized spacial score (nSPS) is 24.3. The molecule has 8 heteroatoms. The Morgan fingerprint density at radius 1 is 1.15 bits per heavy atom. The first kappa shape index (κ1) is 16.9. The minimum absolute atomic E-state index is 0.0393. The molecule has 1 atom stereocenters. The topological polar surface area (TPSA) is 108 Å². The lowest BCUT2D eigenvalue weighted by atomic mass is 9.94. The van der Waals surface area contributed by atoms with Gasteiger partial charge in [0.05, 0.1) is 11.1 Å². The van der Waals surface area contributed by atoms with Crippen LogP contribution in [0.5, 0.6) is 0 Å². The van der Waals surface area contributed by atoms with Crippen molar-refractivity contribution < 1.29 is 19.2 Å². The number of fused-ring (bicyclic) bond motifs is 1. The molecule has 26 heavy (non-hydrogen) atoms. The number of imide groups is 2. The lowest BCUT2D eigenvalue weighted by molar-refractivity contribution is -0.136. The Kier molecular flexibility index (Phi) is 3.89. The molecule has 0 radical (unpaired) electrons. The molecule has 0 bridgehead atoms. The molecule has 4 rings (SSSR count). The Balaban J connectivity index is 1.54. The third-order valence-corrected chi connectivity index (χ3v) is 5.25. The van der Waals surface area contributed by atoms with Gasteiger partial charge in [-0.3, -0.25) is 29.4 Å². The molecule has 0 aliphatic carbocycles. The number of benzene rings is 1.